The largest absolute Gasteiger partial charge is 0.390 e. The molecule has 1 N–H and O–H groups in total. The summed E-state index contributed by atoms with van der Waals surface area (Å²) in [6.07, 6.45) is 12.2. The van der Waals surface area contributed by atoms with Gasteiger partial charge in [0.15, 0.2) is 5.78 Å². The first kappa shape index (κ1) is 22.3. The molecule has 8 atom stereocenters. The van der Waals surface area contributed by atoms with Crippen LogP contribution in [0.25, 0.3) is 10.9 Å². The number of ketones is 1. The summed E-state index contributed by atoms with van der Waals surface area (Å²) in [4.78, 5) is 13.6. The van der Waals surface area contributed by atoms with Crippen molar-refractivity contribution in [2.24, 2.45) is 40.9 Å². The maximum Gasteiger partial charge on any atom is 0.157 e. The Morgan fingerprint density at radius 2 is 1.94 bits per heavy atom. The lowest BCUT2D eigenvalue weighted by Gasteiger charge is -2.56. The molecule has 6 rings (SSSR count). The van der Waals surface area contributed by atoms with Crippen LogP contribution in [-0.4, -0.2) is 26.3 Å². The Labute approximate surface area is 202 Å². The van der Waals surface area contributed by atoms with Crippen molar-refractivity contribution < 1.29 is 9.90 Å². The van der Waals surface area contributed by atoms with Crippen molar-refractivity contribution >= 4 is 16.7 Å². The van der Waals surface area contributed by atoms with Gasteiger partial charge in [-0.05, 0) is 118 Å². The van der Waals surface area contributed by atoms with Gasteiger partial charge in [-0.3, -0.25) is 9.48 Å². The number of Topliss-reactive ketones (excluding diaryl/α,β-unsaturated/α-hetero) is 1. The van der Waals surface area contributed by atoms with Gasteiger partial charge >= 0.3 is 0 Å². The van der Waals surface area contributed by atoms with Crippen molar-refractivity contribution in [1.82, 2.24) is 9.78 Å². The molecule has 0 amide bonds. The van der Waals surface area contributed by atoms with Crippen LogP contribution in [0.4, 0.5) is 0 Å². The van der Waals surface area contributed by atoms with Crippen molar-refractivity contribution in [2.75, 3.05) is 0 Å². The van der Waals surface area contributed by atoms with Gasteiger partial charge in [-0.1, -0.05) is 6.92 Å². The fourth-order valence-electron chi connectivity index (χ4n) is 9.11. The van der Waals surface area contributed by atoms with E-state index in [2.05, 4.69) is 18.1 Å². The normalized spacial score (nSPS) is 41.4. The molecule has 4 saturated carbocycles. The number of hydrogen-bond donors (Lipinski definition) is 1. The average molecular weight is 460 g/mol. The number of benzene rings is 1. The standard InChI is InChI=1S/C29H37N3O2/c1-28(34)11-9-21-19(14-28)4-5-23-22(21)10-12-29(2)24(23)6-7-25(29)27(33)17-32-16-20-13-18(15-30)3-8-26(20)31-32/h3,8,13,16,19,21-25,34H,4-7,9-12,14,17H2,1-2H3/t19-,21+,22-,23?,24+,25-,28-,29+/m1/s1. The van der Waals surface area contributed by atoms with Crippen LogP contribution in [0.1, 0.15) is 77.2 Å². The maximum atomic E-state index is 13.6. The summed E-state index contributed by atoms with van der Waals surface area (Å²) < 4.78 is 1.79. The highest BCUT2D eigenvalue weighted by molar-refractivity contribution is 5.84. The Morgan fingerprint density at radius 1 is 1.12 bits per heavy atom. The third kappa shape index (κ3) is 3.52. The number of aliphatic hydroxyl groups is 1. The molecule has 1 heterocycles. The van der Waals surface area contributed by atoms with Crippen LogP contribution in [0.3, 0.4) is 0 Å². The molecule has 0 radical (unpaired) electrons. The van der Waals surface area contributed by atoms with E-state index >= 15 is 0 Å². The molecule has 34 heavy (non-hydrogen) atoms. The Morgan fingerprint density at radius 3 is 2.76 bits per heavy atom. The first-order valence-corrected chi connectivity index (χ1v) is 13.4. The zero-order chi connectivity index (χ0) is 23.7. The van der Waals surface area contributed by atoms with E-state index in [0.717, 1.165) is 47.9 Å². The minimum atomic E-state index is -0.463. The zero-order valence-electron chi connectivity index (χ0n) is 20.5. The Hall–Kier alpha value is -2.19. The number of carbonyl (C=O) groups is 1. The van der Waals surface area contributed by atoms with Crippen LogP contribution in [0, 0.1) is 52.3 Å². The summed E-state index contributed by atoms with van der Waals surface area (Å²) in [5.74, 6) is 4.17. The van der Waals surface area contributed by atoms with Crippen LogP contribution in [0.5, 0.6) is 0 Å². The molecule has 4 fully saturated rings. The minimum Gasteiger partial charge on any atom is -0.390 e. The van der Waals surface area contributed by atoms with Gasteiger partial charge < -0.3 is 5.11 Å². The summed E-state index contributed by atoms with van der Waals surface area (Å²) in [5.41, 5.74) is 1.12. The molecular weight excluding hydrogens is 422 g/mol. The summed E-state index contributed by atoms with van der Waals surface area (Å²) >= 11 is 0. The van der Waals surface area contributed by atoms with E-state index in [9.17, 15) is 9.90 Å². The Bertz CT molecular complexity index is 1160. The van der Waals surface area contributed by atoms with Crippen LogP contribution >= 0.6 is 0 Å². The number of fused-ring (bicyclic) bond motifs is 6. The maximum absolute atomic E-state index is 13.6. The molecule has 0 bridgehead atoms. The summed E-state index contributed by atoms with van der Waals surface area (Å²) in [6, 6.07) is 7.67. The van der Waals surface area contributed by atoms with Gasteiger partial charge in [0.1, 0.15) is 0 Å². The second-order valence-electron chi connectivity index (χ2n) is 12.5. The number of aromatic nitrogens is 2. The zero-order valence-corrected chi connectivity index (χ0v) is 20.5. The van der Waals surface area contributed by atoms with Crippen LogP contribution < -0.4 is 0 Å². The highest BCUT2D eigenvalue weighted by atomic mass is 16.3. The van der Waals surface area contributed by atoms with E-state index in [0.29, 0.717) is 29.7 Å². The SMILES string of the molecule is C[C@@]1(O)CC[C@H]2[C@H](CCC3[C@@H]2CC[C@]2(C)[C@@H](C(=O)Cn4cc5cc(C#N)ccc5n4)CC[C@@H]32)C1. The first-order chi connectivity index (χ1) is 16.3. The Balaban J connectivity index is 1.18. The molecule has 1 aromatic carbocycles. The van der Waals surface area contributed by atoms with E-state index in [4.69, 9.17) is 5.26 Å². The number of nitriles is 1. The lowest BCUT2D eigenvalue weighted by atomic mass is 9.49. The monoisotopic (exact) mass is 459 g/mol. The molecule has 1 unspecified atom stereocenters. The molecule has 0 saturated heterocycles. The molecule has 2 aromatic rings. The lowest BCUT2D eigenvalue weighted by molar-refractivity contribution is -0.133. The molecule has 4 aliphatic carbocycles. The van der Waals surface area contributed by atoms with Crippen LogP contribution in [0.15, 0.2) is 24.4 Å². The quantitative estimate of drug-likeness (QED) is 0.658. The summed E-state index contributed by atoms with van der Waals surface area (Å²) in [7, 11) is 0. The van der Waals surface area contributed by atoms with Gasteiger partial charge in [0, 0.05) is 17.5 Å². The molecule has 5 heteroatoms. The van der Waals surface area contributed by atoms with Crippen molar-refractivity contribution in [3.8, 4) is 6.07 Å². The predicted octanol–water partition coefficient (Wildman–Crippen LogP) is 5.50. The number of rotatable bonds is 3. The highest BCUT2D eigenvalue weighted by Crippen LogP contribution is 2.64. The smallest absolute Gasteiger partial charge is 0.157 e. The summed E-state index contributed by atoms with van der Waals surface area (Å²) in [6.45, 7) is 4.78. The molecule has 5 nitrogen and oxygen atoms in total. The van der Waals surface area contributed by atoms with Gasteiger partial charge in [-0.2, -0.15) is 10.4 Å². The predicted molar refractivity (Wildman–Crippen MR) is 131 cm³/mol. The van der Waals surface area contributed by atoms with Gasteiger partial charge in [0.05, 0.1) is 29.3 Å². The van der Waals surface area contributed by atoms with Crippen molar-refractivity contribution in [1.29, 1.82) is 5.26 Å². The van der Waals surface area contributed by atoms with Gasteiger partial charge in [0.25, 0.3) is 0 Å². The van der Waals surface area contributed by atoms with E-state index in [1.165, 1.54) is 38.5 Å². The van der Waals surface area contributed by atoms with Gasteiger partial charge in [0.2, 0.25) is 0 Å². The molecule has 0 spiro atoms. The van der Waals surface area contributed by atoms with Crippen LogP contribution in [0.2, 0.25) is 0 Å². The minimum absolute atomic E-state index is 0.117. The van der Waals surface area contributed by atoms with Gasteiger partial charge in [-0.25, -0.2) is 0 Å². The second-order valence-corrected chi connectivity index (χ2v) is 12.5. The summed E-state index contributed by atoms with van der Waals surface area (Å²) in [5, 5.41) is 25.3. The lowest BCUT2D eigenvalue weighted by Crippen LogP contribution is -2.51. The van der Waals surface area contributed by atoms with Crippen LogP contribution in [-0.2, 0) is 11.3 Å². The van der Waals surface area contributed by atoms with E-state index < -0.39 is 5.60 Å². The molecular formula is C29H37N3O2. The molecule has 0 aliphatic heterocycles. The van der Waals surface area contributed by atoms with Crippen molar-refractivity contribution in [3.63, 3.8) is 0 Å². The third-order valence-electron chi connectivity index (χ3n) is 10.6. The van der Waals surface area contributed by atoms with Gasteiger partial charge in [-0.15, -0.1) is 0 Å². The molecule has 4 aliphatic rings. The van der Waals surface area contributed by atoms with Crippen molar-refractivity contribution in [3.05, 3.63) is 30.0 Å². The highest BCUT2D eigenvalue weighted by Gasteiger charge is 2.58. The number of nitrogens with zero attached hydrogens (tertiary/aromatic N) is 3. The van der Waals surface area contributed by atoms with E-state index in [-0.39, 0.29) is 11.3 Å². The fourth-order valence-corrected chi connectivity index (χ4v) is 9.11. The van der Waals surface area contributed by atoms with E-state index in [1.807, 2.05) is 25.3 Å². The van der Waals surface area contributed by atoms with E-state index in [1.54, 1.807) is 10.7 Å². The Kier molecular flexibility index (Phi) is 5.19. The van der Waals surface area contributed by atoms with Crippen molar-refractivity contribution in [2.45, 2.75) is 83.8 Å². The first-order valence-electron chi connectivity index (χ1n) is 13.4. The molecule has 180 valence electrons. The fraction of sp³-hybridized carbons (Fsp3) is 0.690. The second kappa shape index (κ2) is 7.92. The molecule has 1 aromatic heterocycles. The third-order valence-corrected chi connectivity index (χ3v) is 10.6. The number of carbonyl (C=O) groups excluding carboxylic acids is 1. The topological polar surface area (TPSA) is 78.9 Å². The number of hydrogen-bond acceptors (Lipinski definition) is 4. The average Bonchev–Trinajstić information content (AvgIpc) is 3.37.